The summed E-state index contributed by atoms with van der Waals surface area (Å²) in [4.78, 5) is 14.5. The molecule has 0 spiro atoms. The fraction of sp³-hybridized carbons (Fsp3) is 0.562. The van der Waals surface area contributed by atoms with E-state index in [4.69, 9.17) is 15.2 Å². The minimum absolute atomic E-state index is 0.168. The number of hydrogen-bond donors (Lipinski definition) is 2. The molecule has 0 unspecified atom stereocenters. The summed E-state index contributed by atoms with van der Waals surface area (Å²) < 4.78 is 10.2. The first kappa shape index (κ1) is 16.6. The van der Waals surface area contributed by atoms with E-state index in [2.05, 4.69) is 10.2 Å². The number of amides is 1. The maximum atomic E-state index is 12.2. The molecule has 0 aliphatic carbocycles. The zero-order valence-electron chi connectivity index (χ0n) is 13.3. The first-order valence-electron chi connectivity index (χ1n) is 7.59. The summed E-state index contributed by atoms with van der Waals surface area (Å²) in [5, 5.41) is 2.81. The highest BCUT2D eigenvalue weighted by Crippen LogP contribution is 2.28. The number of carbonyl (C=O) groups is 1. The quantitative estimate of drug-likeness (QED) is 0.586. The molecule has 3 N–H and O–H groups in total. The summed E-state index contributed by atoms with van der Waals surface area (Å²) in [6.07, 6.45) is 2.24. The highest BCUT2D eigenvalue weighted by Gasteiger charge is 2.25. The van der Waals surface area contributed by atoms with Crippen LogP contribution in [0.3, 0.4) is 0 Å². The Morgan fingerprint density at radius 1 is 1.41 bits per heavy atom. The van der Waals surface area contributed by atoms with Crippen molar-refractivity contribution in [1.82, 2.24) is 5.32 Å². The molecule has 1 amide bonds. The molecule has 1 fully saturated rings. The Balaban J connectivity index is 2.13. The van der Waals surface area contributed by atoms with E-state index < -0.39 is 0 Å². The third-order valence-corrected chi connectivity index (χ3v) is 3.94. The summed E-state index contributed by atoms with van der Waals surface area (Å²) >= 11 is 0. The average Bonchev–Trinajstić information content (AvgIpc) is 2.96. The van der Waals surface area contributed by atoms with E-state index >= 15 is 0 Å². The minimum atomic E-state index is -0.168. The number of anilines is 2. The van der Waals surface area contributed by atoms with Gasteiger partial charge >= 0.3 is 0 Å². The summed E-state index contributed by atoms with van der Waals surface area (Å²) in [6, 6.07) is 5.99. The van der Waals surface area contributed by atoms with Crippen molar-refractivity contribution in [3.05, 3.63) is 23.8 Å². The van der Waals surface area contributed by atoms with Gasteiger partial charge < -0.3 is 25.4 Å². The van der Waals surface area contributed by atoms with Gasteiger partial charge in [0.25, 0.3) is 5.91 Å². The lowest BCUT2D eigenvalue weighted by molar-refractivity contribution is 0.0938. The first-order chi connectivity index (χ1) is 10.7. The Hall–Kier alpha value is -1.79. The zero-order chi connectivity index (χ0) is 15.9. The Labute approximate surface area is 131 Å². The molecule has 1 aliphatic heterocycles. The van der Waals surface area contributed by atoms with Crippen LogP contribution in [0.1, 0.15) is 23.2 Å². The van der Waals surface area contributed by atoms with Gasteiger partial charge in [-0.1, -0.05) is 0 Å². The van der Waals surface area contributed by atoms with Crippen LogP contribution in [-0.4, -0.2) is 52.5 Å². The van der Waals surface area contributed by atoms with Crippen molar-refractivity contribution in [2.45, 2.75) is 18.9 Å². The molecule has 1 saturated heterocycles. The molecule has 0 bridgehead atoms. The minimum Gasteiger partial charge on any atom is -0.398 e. The number of nitrogens with zero attached hydrogens (tertiary/aromatic N) is 1. The van der Waals surface area contributed by atoms with Crippen molar-refractivity contribution >= 4 is 17.3 Å². The molecular weight excluding hydrogens is 282 g/mol. The van der Waals surface area contributed by atoms with Crippen LogP contribution in [0.5, 0.6) is 0 Å². The van der Waals surface area contributed by atoms with E-state index in [0.29, 0.717) is 37.1 Å². The third-order valence-electron chi connectivity index (χ3n) is 3.94. The fourth-order valence-electron chi connectivity index (χ4n) is 2.82. The zero-order valence-corrected chi connectivity index (χ0v) is 13.3. The van der Waals surface area contributed by atoms with Gasteiger partial charge in [-0.15, -0.1) is 0 Å². The second kappa shape index (κ2) is 8.00. The van der Waals surface area contributed by atoms with Gasteiger partial charge in [0.2, 0.25) is 0 Å². The predicted molar refractivity (Wildman–Crippen MR) is 87.3 cm³/mol. The Bertz CT molecular complexity index is 507. The molecule has 6 heteroatoms. The number of benzene rings is 1. The normalized spacial score (nSPS) is 17.7. The SMILES string of the molecule is COCCNC(=O)c1cc(N2CCC[C@@H]2COC)ccc1N. The van der Waals surface area contributed by atoms with Crippen molar-refractivity contribution in [1.29, 1.82) is 0 Å². The number of ether oxygens (including phenoxy) is 2. The molecule has 1 heterocycles. The van der Waals surface area contributed by atoms with Crippen molar-refractivity contribution in [2.75, 3.05) is 51.2 Å². The van der Waals surface area contributed by atoms with Gasteiger partial charge in [0.05, 0.1) is 24.8 Å². The monoisotopic (exact) mass is 307 g/mol. The Morgan fingerprint density at radius 2 is 2.23 bits per heavy atom. The van der Waals surface area contributed by atoms with Crippen LogP contribution < -0.4 is 16.0 Å². The highest BCUT2D eigenvalue weighted by atomic mass is 16.5. The molecule has 1 aromatic rings. The lowest BCUT2D eigenvalue weighted by Crippen LogP contribution is -2.33. The molecule has 2 rings (SSSR count). The summed E-state index contributed by atoms with van der Waals surface area (Å²) in [6.45, 7) is 2.62. The number of methoxy groups -OCH3 is 2. The molecule has 1 aliphatic rings. The third kappa shape index (κ3) is 3.90. The largest absolute Gasteiger partial charge is 0.398 e. The standard InChI is InChI=1S/C16H25N3O3/c1-21-9-7-18-16(20)14-10-12(5-6-15(14)17)19-8-3-4-13(19)11-22-2/h5-6,10,13H,3-4,7-9,11,17H2,1-2H3,(H,18,20)/t13-/m1/s1. The summed E-state index contributed by atoms with van der Waals surface area (Å²) in [7, 11) is 3.32. The summed E-state index contributed by atoms with van der Waals surface area (Å²) in [5.74, 6) is -0.168. The Morgan fingerprint density at radius 3 is 2.95 bits per heavy atom. The van der Waals surface area contributed by atoms with Crippen LogP contribution in [0.25, 0.3) is 0 Å². The Kier molecular flexibility index (Phi) is 6.03. The van der Waals surface area contributed by atoms with Crippen LogP contribution in [-0.2, 0) is 9.47 Å². The van der Waals surface area contributed by atoms with E-state index in [1.165, 1.54) is 0 Å². The van der Waals surface area contributed by atoms with E-state index in [0.717, 1.165) is 25.1 Å². The second-order valence-electron chi connectivity index (χ2n) is 5.47. The molecule has 0 radical (unpaired) electrons. The van der Waals surface area contributed by atoms with E-state index in [9.17, 15) is 4.79 Å². The molecule has 1 aromatic carbocycles. The maximum absolute atomic E-state index is 12.2. The van der Waals surface area contributed by atoms with Crippen LogP contribution >= 0.6 is 0 Å². The predicted octanol–water partition coefficient (Wildman–Crippen LogP) is 1.26. The van der Waals surface area contributed by atoms with Crippen molar-refractivity contribution in [3.63, 3.8) is 0 Å². The molecule has 1 atom stereocenters. The molecule has 0 saturated carbocycles. The van der Waals surface area contributed by atoms with E-state index in [1.807, 2.05) is 12.1 Å². The number of carbonyl (C=O) groups excluding carboxylic acids is 1. The van der Waals surface area contributed by atoms with Gasteiger partial charge in [0, 0.05) is 38.7 Å². The maximum Gasteiger partial charge on any atom is 0.253 e. The van der Waals surface area contributed by atoms with Crippen LogP contribution in [0, 0.1) is 0 Å². The van der Waals surface area contributed by atoms with Crippen molar-refractivity contribution < 1.29 is 14.3 Å². The van der Waals surface area contributed by atoms with E-state index in [-0.39, 0.29) is 5.91 Å². The fourth-order valence-corrected chi connectivity index (χ4v) is 2.82. The number of nitrogens with one attached hydrogen (secondary N) is 1. The topological polar surface area (TPSA) is 76.8 Å². The molecule has 22 heavy (non-hydrogen) atoms. The second-order valence-corrected chi connectivity index (χ2v) is 5.47. The average molecular weight is 307 g/mol. The first-order valence-corrected chi connectivity index (χ1v) is 7.59. The van der Waals surface area contributed by atoms with Crippen molar-refractivity contribution in [2.24, 2.45) is 0 Å². The lowest BCUT2D eigenvalue weighted by atomic mass is 10.1. The van der Waals surface area contributed by atoms with Gasteiger partial charge in [0.15, 0.2) is 0 Å². The highest BCUT2D eigenvalue weighted by molar-refractivity contribution is 6.00. The number of nitrogens with two attached hydrogens (primary N) is 1. The molecule has 122 valence electrons. The van der Waals surface area contributed by atoms with Crippen molar-refractivity contribution in [3.8, 4) is 0 Å². The molecule has 0 aromatic heterocycles. The molecule has 6 nitrogen and oxygen atoms in total. The van der Waals surface area contributed by atoms with Gasteiger partial charge in [-0.05, 0) is 31.0 Å². The number of nitrogen functional groups attached to an aromatic ring is 1. The van der Waals surface area contributed by atoms with Gasteiger partial charge in [-0.2, -0.15) is 0 Å². The summed E-state index contributed by atoms with van der Waals surface area (Å²) in [5.41, 5.74) is 7.97. The smallest absolute Gasteiger partial charge is 0.253 e. The van der Waals surface area contributed by atoms with Crippen LogP contribution in [0.2, 0.25) is 0 Å². The van der Waals surface area contributed by atoms with Gasteiger partial charge in [-0.3, -0.25) is 4.79 Å². The molecular formula is C16H25N3O3. The van der Waals surface area contributed by atoms with Crippen LogP contribution in [0.4, 0.5) is 11.4 Å². The van der Waals surface area contributed by atoms with Gasteiger partial charge in [0.1, 0.15) is 0 Å². The number of hydrogen-bond acceptors (Lipinski definition) is 5. The van der Waals surface area contributed by atoms with Gasteiger partial charge in [-0.25, -0.2) is 0 Å². The van der Waals surface area contributed by atoms with Crippen LogP contribution in [0.15, 0.2) is 18.2 Å². The number of rotatable bonds is 7. The van der Waals surface area contributed by atoms with E-state index in [1.54, 1.807) is 20.3 Å². The lowest BCUT2D eigenvalue weighted by Gasteiger charge is -2.27.